The summed E-state index contributed by atoms with van der Waals surface area (Å²) in [5.41, 5.74) is 3.06. The lowest BCUT2D eigenvalue weighted by atomic mass is 10.1. The van der Waals surface area contributed by atoms with Gasteiger partial charge in [-0.3, -0.25) is 10.1 Å². The highest BCUT2D eigenvalue weighted by Crippen LogP contribution is 2.18. The van der Waals surface area contributed by atoms with Gasteiger partial charge < -0.3 is 0 Å². The average Bonchev–Trinajstić information content (AvgIpc) is 2.53. The number of nitrogens with one attached hydrogen (secondary N) is 1. The molecule has 3 nitrogen and oxygen atoms in total. The van der Waals surface area contributed by atoms with Gasteiger partial charge in [0.25, 0.3) is 0 Å². The van der Waals surface area contributed by atoms with Crippen LogP contribution in [0.2, 0.25) is 0 Å². The van der Waals surface area contributed by atoms with E-state index >= 15 is 0 Å². The van der Waals surface area contributed by atoms with Gasteiger partial charge in [-0.2, -0.15) is 5.10 Å². The maximum atomic E-state index is 3.99. The lowest BCUT2D eigenvalue weighted by Crippen LogP contribution is -1.78. The molecule has 0 amide bonds. The first-order valence-electron chi connectivity index (χ1n) is 3.71. The van der Waals surface area contributed by atoms with Gasteiger partial charge in [0.1, 0.15) is 0 Å². The van der Waals surface area contributed by atoms with Crippen LogP contribution < -0.4 is 0 Å². The molecule has 12 heavy (non-hydrogen) atoms. The Morgan fingerprint density at radius 2 is 2.08 bits per heavy atom. The zero-order valence-corrected chi connectivity index (χ0v) is 6.70. The molecule has 0 fully saturated rings. The number of H-pyrrole nitrogens is 1. The van der Waals surface area contributed by atoms with Crippen LogP contribution in [0.15, 0.2) is 24.5 Å². The Labute approximate surface area is 70.5 Å². The van der Waals surface area contributed by atoms with Crippen LogP contribution in [0.5, 0.6) is 0 Å². The molecule has 2 aromatic rings. The number of aryl methyl sites for hydroxylation is 1. The minimum Gasteiger partial charge on any atom is -0.275 e. The predicted octanol–water partition coefficient (Wildman–Crippen LogP) is 1.58. The molecule has 3 heteroatoms. The number of hydrogen-bond donors (Lipinski definition) is 1. The molecule has 0 bridgehead atoms. The summed E-state index contributed by atoms with van der Waals surface area (Å²) in [6.45, 7) is 1.95. The van der Waals surface area contributed by atoms with E-state index in [0.717, 1.165) is 16.8 Å². The minimum atomic E-state index is 0.959. The Kier molecular flexibility index (Phi) is 1.63. The SMILES string of the molecule is Cc1n[nH][c]c1-c1ccncc1. The molecule has 2 rings (SSSR count). The molecule has 0 atom stereocenters. The summed E-state index contributed by atoms with van der Waals surface area (Å²) in [5.74, 6) is 0. The molecule has 0 saturated heterocycles. The molecule has 2 aromatic heterocycles. The molecule has 0 aliphatic carbocycles. The van der Waals surface area contributed by atoms with Crippen molar-refractivity contribution in [1.82, 2.24) is 15.2 Å². The van der Waals surface area contributed by atoms with Crippen LogP contribution in [0.3, 0.4) is 0 Å². The van der Waals surface area contributed by atoms with Crippen molar-refractivity contribution in [3.05, 3.63) is 36.4 Å². The van der Waals surface area contributed by atoms with Gasteiger partial charge in [-0.05, 0) is 24.6 Å². The Morgan fingerprint density at radius 3 is 2.67 bits per heavy atom. The summed E-state index contributed by atoms with van der Waals surface area (Å²) >= 11 is 0. The lowest BCUT2D eigenvalue weighted by molar-refractivity contribution is 1.04. The van der Waals surface area contributed by atoms with E-state index in [-0.39, 0.29) is 0 Å². The summed E-state index contributed by atoms with van der Waals surface area (Å²) in [6, 6.07) is 3.88. The van der Waals surface area contributed by atoms with Crippen LogP contribution in [0.25, 0.3) is 11.1 Å². The van der Waals surface area contributed by atoms with Crippen molar-refractivity contribution in [2.45, 2.75) is 6.92 Å². The van der Waals surface area contributed by atoms with Crippen LogP contribution >= 0.6 is 0 Å². The number of rotatable bonds is 1. The second-order valence-electron chi connectivity index (χ2n) is 2.54. The topological polar surface area (TPSA) is 41.6 Å². The number of aromatic amines is 1. The third kappa shape index (κ3) is 1.09. The summed E-state index contributed by atoms with van der Waals surface area (Å²) in [5, 5.41) is 6.69. The molecule has 59 valence electrons. The van der Waals surface area contributed by atoms with Gasteiger partial charge in [0.05, 0.1) is 11.9 Å². The largest absolute Gasteiger partial charge is 0.275 e. The van der Waals surface area contributed by atoms with Gasteiger partial charge in [-0.25, -0.2) is 0 Å². The zero-order chi connectivity index (χ0) is 8.39. The fraction of sp³-hybridized carbons (Fsp3) is 0.111. The van der Waals surface area contributed by atoms with E-state index in [0.29, 0.717) is 0 Å². The molecule has 0 saturated carbocycles. The lowest BCUT2D eigenvalue weighted by Gasteiger charge is -1.95. The Balaban J connectivity index is 2.51. The van der Waals surface area contributed by atoms with Crippen molar-refractivity contribution in [2.75, 3.05) is 0 Å². The van der Waals surface area contributed by atoms with E-state index < -0.39 is 0 Å². The van der Waals surface area contributed by atoms with Crippen molar-refractivity contribution in [1.29, 1.82) is 0 Å². The number of hydrogen-bond acceptors (Lipinski definition) is 2. The third-order valence-electron chi connectivity index (χ3n) is 1.74. The molecular formula is C9H8N3. The molecule has 0 spiro atoms. The van der Waals surface area contributed by atoms with Crippen molar-refractivity contribution in [3.8, 4) is 11.1 Å². The number of aromatic nitrogens is 3. The summed E-state index contributed by atoms with van der Waals surface area (Å²) < 4.78 is 0. The number of nitrogens with zero attached hydrogens (tertiary/aromatic N) is 2. The highest BCUT2D eigenvalue weighted by molar-refractivity contribution is 5.63. The van der Waals surface area contributed by atoms with E-state index in [1.165, 1.54) is 0 Å². The Morgan fingerprint density at radius 1 is 1.33 bits per heavy atom. The molecule has 0 unspecified atom stereocenters. The van der Waals surface area contributed by atoms with Crippen LogP contribution in [-0.4, -0.2) is 15.2 Å². The standard InChI is InChI=1S/C9H8N3/c1-7-9(6-11-12-7)8-2-4-10-5-3-8/h2-5H,1H3,(H,11,12). The minimum absolute atomic E-state index is 0.959. The fourth-order valence-corrected chi connectivity index (χ4v) is 1.11. The second kappa shape index (κ2) is 2.77. The van der Waals surface area contributed by atoms with E-state index in [1.54, 1.807) is 12.4 Å². The van der Waals surface area contributed by atoms with Crippen LogP contribution in [0, 0.1) is 13.1 Å². The first-order valence-corrected chi connectivity index (χ1v) is 3.71. The van der Waals surface area contributed by atoms with E-state index in [9.17, 15) is 0 Å². The van der Waals surface area contributed by atoms with E-state index in [2.05, 4.69) is 21.4 Å². The van der Waals surface area contributed by atoms with Crippen LogP contribution in [0.1, 0.15) is 5.69 Å². The molecule has 1 radical (unpaired) electrons. The van der Waals surface area contributed by atoms with Gasteiger partial charge in [0.15, 0.2) is 0 Å². The van der Waals surface area contributed by atoms with E-state index in [1.807, 2.05) is 19.1 Å². The van der Waals surface area contributed by atoms with Crippen LogP contribution in [0.4, 0.5) is 0 Å². The molecule has 2 heterocycles. The average molecular weight is 158 g/mol. The first kappa shape index (κ1) is 7.03. The second-order valence-corrected chi connectivity index (χ2v) is 2.54. The predicted molar refractivity (Wildman–Crippen MR) is 45.4 cm³/mol. The smallest absolute Gasteiger partial charge is 0.0916 e. The highest BCUT2D eigenvalue weighted by atomic mass is 15.1. The third-order valence-corrected chi connectivity index (χ3v) is 1.74. The fourth-order valence-electron chi connectivity index (χ4n) is 1.11. The first-order chi connectivity index (χ1) is 5.88. The Hall–Kier alpha value is -1.64. The molecule has 0 aliphatic rings. The van der Waals surface area contributed by atoms with E-state index in [4.69, 9.17) is 0 Å². The normalized spacial score (nSPS) is 10.1. The van der Waals surface area contributed by atoms with Gasteiger partial charge in [-0.1, -0.05) is 0 Å². The van der Waals surface area contributed by atoms with Gasteiger partial charge in [0.2, 0.25) is 0 Å². The zero-order valence-electron chi connectivity index (χ0n) is 6.70. The van der Waals surface area contributed by atoms with Gasteiger partial charge >= 0.3 is 0 Å². The Bertz CT molecular complexity index is 364. The van der Waals surface area contributed by atoms with Crippen molar-refractivity contribution in [2.24, 2.45) is 0 Å². The van der Waals surface area contributed by atoms with Crippen molar-refractivity contribution >= 4 is 0 Å². The maximum absolute atomic E-state index is 3.99. The summed E-state index contributed by atoms with van der Waals surface area (Å²) in [4.78, 5) is 3.94. The van der Waals surface area contributed by atoms with Crippen molar-refractivity contribution < 1.29 is 0 Å². The summed E-state index contributed by atoms with van der Waals surface area (Å²) in [6.07, 6.45) is 6.48. The monoisotopic (exact) mass is 158 g/mol. The van der Waals surface area contributed by atoms with Gasteiger partial charge in [-0.15, -0.1) is 0 Å². The van der Waals surface area contributed by atoms with Gasteiger partial charge in [0, 0.05) is 18.0 Å². The maximum Gasteiger partial charge on any atom is 0.0916 e. The molecule has 0 aliphatic heterocycles. The summed E-state index contributed by atoms with van der Waals surface area (Å²) in [7, 11) is 0. The molecular weight excluding hydrogens is 150 g/mol. The quantitative estimate of drug-likeness (QED) is 0.684. The highest BCUT2D eigenvalue weighted by Gasteiger charge is 2.02. The molecule has 1 N–H and O–H groups in total. The number of pyridine rings is 1. The molecule has 0 aromatic carbocycles. The van der Waals surface area contributed by atoms with Crippen molar-refractivity contribution in [3.63, 3.8) is 0 Å². The van der Waals surface area contributed by atoms with Crippen LogP contribution in [-0.2, 0) is 0 Å².